The molecule has 0 heterocycles. The SMILES string of the molecule is COc1ccc(CNCCOCCSC)cc1. The highest BCUT2D eigenvalue weighted by molar-refractivity contribution is 7.98. The lowest BCUT2D eigenvalue weighted by atomic mass is 10.2. The van der Waals surface area contributed by atoms with Gasteiger partial charge in [0.05, 0.1) is 20.3 Å². The van der Waals surface area contributed by atoms with E-state index in [2.05, 4.69) is 23.7 Å². The first-order valence-corrected chi connectivity index (χ1v) is 7.16. The Balaban J connectivity index is 2.05. The second-order valence-electron chi connectivity index (χ2n) is 3.63. The van der Waals surface area contributed by atoms with E-state index in [4.69, 9.17) is 9.47 Å². The molecule has 1 N–H and O–H groups in total. The molecule has 1 aromatic rings. The van der Waals surface area contributed by atoms with Crippen LogP contribution in [-0.2, 0) is 11.3 Å². The predicted octanol–water partition coefficient (Wildman–Crippen LogP) is 2.16. The average Bonchev–Trinajstić information content (AvgIpc) is 2.38. The van der Waals surface area contributed by atoms with Crippen molar-refractivity contribution < 1.29 is 9.47 Å². The number of thioether (sulfide) groups is 1. The minimum Gasteiger partial charge on any atom is -0.497 e. The fourth-order valence-electron chi connectivity index (χ4n) is 1.36. The number of methoxy groups -OCH3 is 1. The third kappa shape index (κ3) is 6.56. The van der Waals surface area contributed by atoms with Crippen molar-refractivity contribution in [2.45, 2.75) is 6.54 Å². The fraction of sp³-hybridized carbons (Fsp3) is 0.538. The molecule has 96 valence electrons. The van der Waals surface area contributed by atoms with Gasteiger partial charge < -0.3 is 14.8 Å². The van der Waals surface area contributed by atoms with Gasteiger partial charge in [-0.1, -0.05) is 12.1 Å². The van der Waals surface area contributed by atoms with E-state index in [9.17, 15) is 0 Å². The van der Waals surface area contributed by atoms with Gasteiger partial charge in [-0.25, -0.2) is 0 Å². The van der Waals surface area contributed by atoms with E-state index >= 15 is 0 Å². The molecular formula is C13H21NO2S. The van der Waals surface area contributed by atoms with E-state index in [-0.39, 0.29) is 0 Å². The van der Waals surface area contributed by atoms with E-state index in [0.29, 0.717) is 0 Å². The van der Waals surface area contributed by atoms with Crippen molar-refractivity contribution in [3.8, 4) is 5.75 Å². The zero-order valence-electron chi connectivity index (χ0n) is 10.6. The average molecular weight is 255 g/mol. The van der Waals surface area contributed by atoms with Crippen molar-refractivity contribution >= 4 is 11.8 Å². The second-order valence-corrected chi connectivity index (χ2v) is 4.62. The van der Waals surface area contributed by atoms with Crippen LogP contribution in [0.1, 0.15) is 5.56 Å². The summed E-state index contributed by atoms with van der Waals surface area (Å²) < 4.78 is 10.6. The molecule has 0 saturated carbocycles. The molecule has 1 aromatic carbocycles. The summed E-state index contributed by atoms with van der Waals surface area (Å²) in [6.45, 7) is 3.37. The minimum atomic E-state index is 0.775. The highest BCUT2D eigenvalue weighted by Gasteiger charge is 1.94. The smallest absolute Gasteiger partial charge is 0.118 e. The van der Waals surface area contributed by atoms with Gasteiger partial charge in [0.1, 0.15) is 5.75 Å². The maximum Gasteiger partial charge on any atom is 0.118 e. The first-order valence-electron chi connectivity index (χ1n) is 5.77. The zero-order valence-corrected chi connectivity index (χ0v) is 11.4. The number of benzene rings is 1. The molecule has 0 aliphatic carbocycles. The van der Waals surface area contributed by atoms with Crippen LogP contribution >= 0.6 is 11.8 Å². The summed E-state index contributed by atoms with van der Waals surface area (Å²) in [5.74, 6) is 1.97. The van der Waals surface area contributed by atoms with Gasteiger partial charge >= 0.3 is 0 Å². The molecule has 0 bridgehead atoms. The summed E-state index contributed by atoms with van der Waals surface area (Å²) in [6, 6.07) is 8.10. The van der Waals surface area contributed by atoms with E-state index in [0.717, 1.165) is 37.8 Å². The monoisotopic (exact) mass is 255 g/mol. The molecule has 0 unspecified atom stereocenters. The third-order valence-electron chi connectivity index (χ3n) is 2.34. The fourth-order valence-corrected chi connectivity index (χ4v) is 1.65. The van der Waals surface area contributed by atoms with Crippen LogP contribution in [0.5, 0.6) is 5.75 Å². The van der Waals surface area contributed by atoms with Crippen LogP contribution in [-0.4, -0.2) is 38.9 Å². The van der Waals surface area contributed by atoms with Crippen LogP contribution in [0, 0.1) is 0 Å². The topological polar surface area (TPSA) is 30.5 Å². The van der Waals surface area contributed by atoms with Gasteiger partial charge in [0.2, 0.25) is 0 Å². The molecule has 0 aliphatic heterocycles. The molecule has 4 heteroatoms. The lowest BCUT2D eigenvalue weighted by Gasteiger charge is -2.06. The van der Waals surface area contributed by atoms with Crippen LogP contribution in [0.3, 0.4) is 0 Å². The summed E-state index contributed by atoms with van der Waals surface area (Å²) in [5.41, 5.74) is 1.26. The Labute approximate surface area is 108 Å². The van der Waals surface area contributed by atoms with Crippen LogP contribution in [0.15, 0.2) is 24.3 Å². The molecule has 3 nitrogen and oxygen atoms in total. The Morgan fingerprint density at radius 2 is 1.94 bits per heavy atom. The Morgan fingerprint density at radius 3 is 2.59 bits per heavy atom. The molecule has 1 rings (SSSR count). The Kier molecular flexibility index (Phi) is 7.88. The molecule has 17 heavy (non-hydrogen) atoms. The molecule has 0 saturated heterocycles. The minimum absolute atomic E-state index is 0.775. The van der Waals surface area contributed by atoms with Crippen molar-refractivity contribution in [1.82, 2.24) is 5.32 Å². The summed E-state index contributed by atoms with van der Waals surface area (Å²) in [4.78, 5) is 0. The van der Waals surface area contributed by atoms with Crippen LogP contribution in [0.25, 0.3) is 0 Å². The summed E-state index contributed by atoms with van der Waals surface area (Å²) in [7, 11) is 1.68. The lowest BCUT2D eigenvalue weighted by molar-refractivity contribution is 0.151. The van der Waals surface area contributed by atoms with Gasteiger partial charge in [-0.2, -0.15) is 11.8 Å². The second kappa shape index (κ2) is 9.33. The Bertz CT molecular complexity index is 290. The zero-order chi connectivity index (χ0) is 12.3. The molecule has 0 aliphatic rings. The number of nitrogens with one attached hydrogen (secondary N) is 1. The molecule has 0 spiro atoms. The number of hydrogen-bond donors (Lipinski definition) is 1. The van der Waals surface area contributed by atoms with Gasteiger partial charge in [0.15, 0.2) is 0 Å². The molecule has 0 radical (unpaired) electrons. The lowest BCUT2D eigenvalue weighted by Crippen LogP contribution is -2.19. The highest BCUT2D eigenvalue weighted by atomic mass is 32.2. The Morgan fingerprint density at radius 1 is 1.18 bits per heavy atom. The standard InChI is InChI=1S/C13H21NO2S/c1-15-13-5-3-12(4-6-13)11-14-7-8-16-9-10-17-2/h3-6,14H,7-11H2,1-2H3. The number of hydrogen-bond acceptors (Lipinski definition) is 4. The van der Waals surface area contributed by atoms with Crippen LogP contribution < -0.4 is 10.1 Å². The van der Waals surface area contributed by atoms with Crippen LogP contribution in [0.4, 0.5) is 0 Å². The first-order chi connectivity index (χ1) is 8.36. The van der Waals surface area contributed by atoms with E-state index in [1.165, 1.54) is 5.56 Å². The third-order valence-corrected chi connectivity index (χ3v) is 2.92. The highest BCUT2D eigenvalue weighted by Crippen LogP contribution is 2.10. The van der Waals surface area contributed by atoms with E-state index < -0.39 is 0 Å². The number of ether oxygens (including phenoxy) is 2. The first kappa shape index (κ1) is 14.4. The maximum atomic E-state index is 5.45. The molecule has 0 amide bonds. The normalized spacial score (nSPS) is 10.5. The largest absolute Gasteiger partial charge is 0.497 e. The Hall–Kier alpha value is -0.710. The van der Waals surface area contributed by atoms with E-state index in [1.54, 1.807) is 7.11 Å². The van der Waals surface area contributed by atoms with Crippen LogP contribution in [0.2, 0.25) is 0 Å². The van der Waals surface area contributed by atoms with Gasteiger partial charge in [0.25, 0.3) is 0 Å². The van der Waals surface area contributed by atoms with Gasteiger partial charge in [0, 0.05) is 18.8 Å². The van der Waals surface area contributed by atoms with Crippen molar-refractivity contribution in [3.63, 3.8) is 0 Å². The van der Waals surface area contributed by atoms with Crippen molar-refractivity contribution in [1.29, 1.82) is 0 Å². The molecule has 0 aromatic heterocycles. The predicted molar refractivity (Wildman–Crippen MR) is 73.9 cm³/mol. The quantitative estimate of drug-likeness (QED) is 0.685. The van der Waals surface area contributed by atoms with Crippen molar-refractivity contribution in [3.05, 3.63) is 29.8 Å². The molecular weight excluding hydrogens is 234 g/mol. The van der Waals surface area contributed by atoms with Gasteiger partial charge in [-0.15, -0.1) is 0 Å². The summed E-state index contributed by atoms with van der Waals surface area (Å²) in [5, 5.41) is 3.34. The molecule has 0 fully saturated rings. The molecule has 0 atom stereocenters. The summed E-state index contributed by atoms with van der Waals surface area (Å²) in [6.07, 6.45) is 2.09. The van der Waals surface area contributed by atoms with Gasteiger partial charge in [-0.3, -0.25) is 0 Å². The number of rotatable bonds is 9. The maximum absolute atomic E-state index is 5.45. The van der Waals surface area contributed by atoms with Gasteiger partial charge in [-0.05, 0) is 24.0 Å². The van der Waals surface area contributed by atoms with E-state index in [1.807, 2.05) is 23.9 Å². The van der Waals surface area contributed by atoms with Crippen molar-refractivity contribution in [2.75, 3.05) is 38.9 Å². The summed E-state index contributed by atoms with van der Waals surface area (Å²) >= 11 is 1.81. The van der Waals surface area contributed by atoms with Crippen molar-refractivity contribution in [2.24, 2.45) is 0 Å².